The maximum absolute atomic E-state index is 11.3. The molecule has 16 heavy (non-hydrogen) atoms. The molecule has 0 radical (unpaired) electrons. The van der Waals surface area contributed by atoms with E-state index in [1.807, 2.05) is 6.92 Å². The van der Waals surface area contributed by atoms with E-state index in [0.29, 0.717) is 6.54 Å². The maximum Gasteiger partial charge on any atom is 0.317 e. The van der Waals surface area contributed by atoms with Gasteiger partial charge in [-0.2, -0.15) is 0 Å². The number of amides is 2. The van der Waals surface area contributed by atoms with Crippen molar-refractivity contribution in [2.45, 2.75) is 20.3 Å². The lowest BCUT2D eigenvalue weighted by Crippen LogP contribution is -2.46. The van der Waals surface area contributed by atoms with Gasteiger partial charge in [0.15, 0.2) is 0 Å². The molecule has 0 aromatic heterocycles. The Bertz CT molecular complexity index is 267. The normalized spacial score (nSPS) is 9.94. The van der Waals surface area contributed by atoms with Crippen LogP contribution < -0.4 is 10.9 Å². The highest BCUT2D eigenvalue weighted by Gasteiger charge is 2.12. The largest absolute Gasteiger partial charge is 0.480 e. The van der Waals surface area contributed by atoms with E-state index in [-0.39, 0.29) is 19.0 Å². The Morgan fingerprint density at radius 1 is 1.19 bits per heavy atom. The van der Waals surface area contributed by atoms with E-state index in [1.54, 1.807) is 0 Å². The number of hydrogen-bond donors (Lipinski definition) is 3. The Balaban J connectivity index is 4.01. The summed E-state index contributed by atoms with van der Waals surface area (Å²) in [5.74, 6) is -1.81. The number of carbonyl (C=O) groups excluding carboxylic acids is 2. The van der Waals surface area contributed by atoms with Crippen molar-refractivity contribution in [3.63, 3.8) is 0 Å². The molecule has 0 bridgehead atoms. The number of nitrogens with one attached hydrogen (secondary N) is 2. The Hall–Kier alpha value is -1.63. The molecule has 0 aliphatic heterocycles. The minimum atomic E-state index is -0.985. The second kappa shape index (κ2) is 7.63. The highest BCUT2D eigenvalue weighted by atomic mass is 16.4. The number of hydrazine groups is 1. The summed E-state index contributed by atoms with van der Waals surface area (Å²) in [5.41, 5.74) is 4.30. The molecule has 7 nitrogen and oxygen atoms in total. The van der Waals surface area contributed by atoms with Gasteiger partial charge in [-0.15, -0.1) is 0 Å². The maximum atomic E-state index is 11.3. The summed E-state index contributed by atoms with van der Waals surface area (Å²) in [4.78, 5) is 33.7. The molecule has 0 aliphatic carbocycles. The molecule has 0 rings (SSSR count). The average molecular weight is 231 g/mol. The van der Waals surface area contributed by atoms with E-state index in [0.717, 1.165) is 6.42 Å². The van der Waals surface area contributed by atoms with Crippen LogP contribution in [0.25, 0.3) is 0 Å². The van der Waals surface area contributed by atoms with E-state index in [9.17, 15) is 14.4 Å². The Morgan fingerprint density at radius 2 is 1.81 bits per heavy atom. The zero-order chi connectivity index (χ0) is 12.6. The van der Waals surface area contributed by atoms with Gasteiger partial charge in [0.05, 0.1) is 13.1 Å². The van der Waals surface area contributed by atoms with Crippen LogP contribution in [0.3, 0.4) is 0 Å². The molecular weight excluding hydrogens is 214 g/mol. The van der Waals surface area contributed by atoms with Crippen LogP contribution in [-0.2, 0) is 14.4 Å². The van der Waals surface area contributed by atoms with Gasteiger partial charge in [-0.1, -0.05) is 6.92 Å². The van der Waals surface area contributed by atoms with E-state index in [4.69, 9.17) is 5.11 Å². The predicted molar refractivity (Wildman–Crippen MR) is 56.3 cm³/mol. The van der Waals surface area contributed by atoms with Crippen molar-refractivity contribution in [2.24, 2.45) is 0 Å². The molecule has 0 saturated heterocycles. The van der Waals surface area contributed by atoms with Gasteiger partial charge in [-0.05, 0) is 13.0 Å². The summed E-state index contributed by atoms with van der Waals surface area (Å²) < 4.78 is 0. The number of hydrogen-bond acceptors (Lipinski definition) is 4. The van der Waals surface area contributed by atoms with Crippen molar-refractivity contribution in [1.82, 2.24) is 15.8 Å². The molecule has 92 valence electrons. The number of carboxylic acid groups (broad SMARTS) is 1. The second-order valence-corrected chi connectivity index (χ2v) is 3.33. The molecule has 0 atom stereocenters. The molecular formula is C9H17N3O4. The summed E-state index contributed by atoms with van der Waals surface area (Å²) in [6.45, 7) is 3.42. The van der Waals surface area contributed by atoms with Gasteiger partial charge in [-0.3, -0.25) is 30.1 Å². The summed E-state index contributed by atoms with van der Waals surface area (Å²) in [6.07, 6.45) is 0.751. The third kappa shape index (κ3) is 7.74. The molecule has 2 amide bonds. The molecule has 0 aromatic rings. The van der Waals surface area contributed by atoms with Gasteiger partial charge < -0.3 is 5.11 Å². The van der Waals surface area contributed by atoms with Crippen LogP contribution in [0.4, 0.5) is 0 Å². The van der Waals surface area contributed by atoms with Crippen molar-refractivity contribution in [1.29, 1.82) is 0 Å². The fourth-order valence-electron chi connectivity index (χ4n) is 1.12. The van der Waals surface area contributed by atoms with E-state index in [1.165, 1.54) is 11.8 Å². The molecule has 3 N–H and O–H groups in total. The molecule has 0 fully saturated rings. The summed E-state index contributed by atoms with van der Waals surface area (Å²) in [6, 6.07) is 0. The van der Waals surface area contributed by atoms with Crippen molar-refractivity contribution in [3.8, 4) is 0 Å². The van der Waals surface area contributed by atoms with Gasteiger partial charge >= 0.3 is 5.97 Å². The standard InChI is InChI=1S/C9H17N3O4/c1-3-4-12(6-9(15)16)5-8(14)11-10-7(2)13/h3-6H2,1-2H3,(H,10,13)(H,11,14)(H,15,16). The third-order valence-corrected chi connectivity index (χ3v) is 1.64. The highest BCUT2D eigenvalue weighted by Crippen LogP contribution is 1.90. The fourth-order valence-corrected chi connectivity index (χ4v) is 1.12. The predicted octanol–water partition coefficient (Wildman–Crippen LogP) is -1.05. The third-order valence-electron chi connectivity index (χ3n) is 1.64. The Kier molecular flexibility index (Phi) is 6.86. The quantitative estimate of drug-likeness (QED) is 0.507. The summed E-state index contributed by atoms with van der Waals surface area (Å²) in [5, 5.41) is 8.60. The van der Waals surface area contributed by atoms with Crippen LogP contribution in [-0.4, -0.2) is 47.4 Å². The topological polar surface area (TPSA) is 98.7 Å². The lowest BCUT2D eigenvalue weighted by Gasteiger charge is -2.18. The molecule has 0 saturated carbocycles. The average Bonchev–Trinajstić information content (AvgIpc) is 2.14. The molecule has 0 heterocycles. The lowest BCUT2D eigenvalue weighted by molar-refractivity contribution is -0.139. The first-order chi connectivity index (χ1) is 7.45. The Morgan fingerprint density at radius 3 is 2.25 bits per heavy atom. The lowest BCUT2D eigenvalue weighted by atomic mass is 10.4. The number of rotatable bonds is 6. The second-order valence-electron chi connectivity index (χ2n) is 3.33. The summed E-state index contributed by atoms with van der Waals surface area (Å²) >= 11 is 0. The number of carboxylic acids is 1. The molecule has 0 aliphatic rings. The first-order valence-corrected chi connectivity index (χ1v) is 4.95. The van der Waals surface area contributed by atoms with E-state index in [2.05, 4.69) is 10.9 Å². The zero-order valence-electron chi connectivity index (χ0n) is 9.45. The van der Waals surface area contributed by atoms with Crippen LogP contribution in [0.5, 0.6) is 0 Å². The minimum absolute atomic E-state index is 0.0551. The van der Waals surface area contributed by atoms with Crippen LogP contribution in [0, 0.1) is 0 Å². The van der Waals surface area contributed by atoms with Gasteiger partial charge in [0.2, 0.25) is 5.91 Å². The van der Waals surface area contributed by atoms with Crippen LogP contribution in [0.15, 0.2) is 0 Å². The van der Waals surface area contributed by atoms with Crippen molar-refractivity contribution in [2.75, 3.05) is 19.6 Å². The van der Waals surface area contributed by atoms with Crippen LogP contribution in [0.2, 0.25) is 0 Å². The zero-order valence-corrected chi connectivity index (χ0v) is 9.45. The molecule has 0 spiro atoms. The van der Waals surface area contributed by atoms with E-state index >= 15 is 0 Å². The van der Waals surface area contributed by atoms with Crippen molar-refractivity contribution < 1.29 is 19.5 Å². The molecule has 7 heteroatoms. The van der Waals surface area contributed by atoms with E-state index < -0.39 is 11.9 Å². The number of carbonyl (C=O) groups is 3. The van der Waals surface area contributed by atoms with Crippen LogP contribution in [0.1, 0.15) is 20.3 Å². The smallest absolute Gasteiger partial charge is 0.317 e. The SMILES string of the molecule is CCCN(CC(=O)O)CC(=O)NNC(C)=O. The van der Waals surface area contributed by atoms with Gasteiger partial charge in [0.1, 0.15) is 0 Å². The fraction of sp³-hybridized carbons (Fsp3) is 0.667. The number of aliphatic carboxylic acids is 1. The van der Waals surface area contributed by atoms with Gasteiger partial charge in [0, 0.05) is 6.92 Å². The van der Waals surface area contributed by atoms with Crippen LogP contribution >= 0.6 is 0 Å². The summed E-state index contributed by atoms with van der Waals surface area (Å²) in [7, 11) is 0. The molecule has 0 aromatic carbocycles. The first-order valence-electron chi connectivity index (χ1n) is 4.95. The monoisotopic (exact) mass is 231 g/mol. The Labute approximate surface area is 93.8 Å². The van der Waals surface area contributed by atoms with Gasteiger partial charge in [-0.25, -0.2) is 0 Å². The van der Waals surface area contributed by atoms with Crippen molar-refractivity contribution in [3.05, 3.63) is 0 Å². The van der Waals surface area contributed by atoms with Gasteiger partial charge in [0.25, 0.3) is 5.91 Å². The first kappa shape index (κ1) is 14.4. The minimum Gasteiger partial charge on any atom is -0.480 e. The number of nitrogens with zero attached hydrogens (tertiary/aromatic N) is 1. The van der Waals surface area contributed by atoms with Crippen molar-refractivity contribution >= 4 is 17.8 Å². The molecule has 0 unspecified atom stereocenters. The highest BCUT2D eigenvalue weighted by molar-refractivity contribution is 5.82.